The second kappa shape index (κ2) is 5.20. The molecule has 20 heavy (non-hydrogen) atoms. The number of carbonyl (C=O) groups is 1. The Bertz CT molecular complexity index is 616. The number of sulfone groups is 1. The molecular weight excluding hydrogens is 293 g/mol. The lowest BCUT2D eigenvalue weighted by atomic mass is 9.80. The van der Waals surface area contributed by atoms with Crippen LogP contribution in [0.4, 0.5) is 13.2 Å². The van der Waals surface area contributed by atoms with Crippen molar-refractivity contribution in [2.45, 2.75) is 36.8 Å². The molecule has 0 saturated carbocycles. The Kier molecular flexibility index (Phi) is 4.34. The van der Waals surface area contributed by atoms with Gasteiger partial charge in [-0.15, -0.1) is 0 Å². The Morgan fingerprint density at radius 2 is 1.65 bits per heavy atom. The van der Waals surface area contributed by atoms with E-state index in [9.17, 15) is 26.4 Å². The average Bonchev–Trinajstić information content (AvgIpc) is 2.26. The average molecular weight is 308 g/mol. The van der Waals surface area contributed by atoms with Gasteiger partial charge in [-0.1, -0.05) is 32.0 Å². The molecule has 7 heteroatoms. The summed E-state index contributed by atoms with van der Waals surface area (Å²) in [6, 6.07) is 5.77. The third-order valence-corrected chi connectivity index (χ3v) is 4.09. The maximum Gasteiger partial charge on any atom is 0.450 e. The van der Waals surface area contributed by atoms with Crippen molar-refractivity contribution in [3.63, 3.8) is 0 Å². The van der Waals surface area contributed by atoms with E-state index in [0.29, 0.717) is 0 Å². The highest BCUT2D eigenvalue weighted by Gasteiger charge is 2.42. The number of halogens is 3. The van der Waals surface area contributed by atoms with Gasteiger partial charge in [0, 0.05) is 12.7 Å². The van der Waals surface area contributed by atoms with Crippen molar-refractivity contribution < 1.29 is 26.4 Å². The highest BCUT2D eigenvalue weighted by Crippen LogP contribution is 2.34. The Morgan fingerprint density at radius 3 is 2.10 bits per heavy atom. The number of hydrogen-bond donors (Lipinski definition) is 0. The molecule has 0 spiro atoms. The van der Waals surface area contributed by atoms with Gasteiger partial charge < -0.3 is 0 Å². The summed E-state index contributed by atoms with van der Waals surface area (Å²) < 4.78 is 60.4. The van der Waals surface area contributed by atoms with Gasteiger partial charge in [-0.3, -0.25) is 4.79 Å². The SMILES string of the molecule is CC(C)(CC(=O)C(F)(F)F)c1ccccc1S(C)(=O)=O. The van der Waals surface area contributed by atoms with Crippen LogP contribution in [0.1, 0.15) is 25.8 Å². The standard InChI is InChI=1S/C13H15F3O3S/c1-12(2,8-11(17)13(14,15)16)9-6-4-5-7-10(9)20(3,18)19/h4-7H,8H2,1-3H3. The topological polar surface area (TPSA) is 51.2 Å². The van der Waals surface area contributed by atoms with Crippen LogP contribution in [0, 0.1) is 0 Å². The number of alkyl halides is 3. The van der Waals surface area contributed by atoms with E-state index in [0.717, 1.165) is 6.26 Å². The summed E-state index contributed by atoms with van der Waals surface area (Å²) in [5.41, 5.74) is -1.02. The Labute approximate surface area is 115 Å². The largest absolute Gasteiger partial charge is 0.450 e. The number of Topliss-reactive ketones (excluding diaryl/α,β-unsaturated/α-hetero) is 1. The van der Waals surface area contributed by atoms with Crippen LogP contribution < -0.4 is 0 Å². The molecule has 3 nitrogen and oxygen atoms in total. The number of rotatable bonds is 4. The Morgan fingerprint density at radius 1 is 1.15 bits per heavy atom. The molecule has 0 saturated heterocycles. The molecule has 0 amide bonds. The van der Waals surface area contributed by atoms with Crippen molar-refractivity contribution in [2.24, 2.45) is 0 Å². The predicted octanol–water partition coefficient (Wildman–Crippen LogP) is 2.89. The molecular formula is C13H15F3O3S. The van der Waals surface area contributed by atoms with Gasteiger partial charge in [0.1, 0.15) is 0 Å². The summed E-state index contributed by atoms with van der Waals surface area (Å²) in [6.45, 7) is 2.83. The minimum atomic E-state index is -4.92. The molecule has 0 atom stereocenters. The van der Waals surface area contributed by atoms with Gasteiger partial charge in [-0.25, -0.2) is 8.42 Å². The van der Waals surface area contributed by atoms with Crippen molar-refractivity contribution >= 4 is 15.6 Å². The molecule has 112 valence electrons. The van der Waals surface area contributed by atoms with E-state index in [1.807, 2.05) is 0 Å². The summed E-state index contributed by atoms with van der Waals surface area (Å²) in [6.07, 6.45) is -4.74. The minimum Gasteiger partial charge on any atom is -0.290 e. The summed E-state index contributed by atoms with van der Waals surface area (Å²) >= 11 is 0. The van der Waals surface area contributed by atoms with E-state index < -0.39 is 33.6 Å². The molecule has 0 bridgehead atoms. The van der Waals surface area contributed by atoms with Gasteiger partial charge in [0.15, 0.2) is 9.84 Å². The molecule has 0 aromatic heterocycles. The summed E-state index contributed by atoms with van der Waals surface area (Å²) in [4.78, 5) is 11.1. The van der Waals surface area contributed by atoms with Crippen LogP contribution in [0.2, 0.25) is 0 Å². The van der Waals surface area contributed by atoms with Gasteiger partial charge in [-0.2, -0.15) is 13.2 Å². The van der Waals surface area contributed by atoms with E-state index in [2.05, 4.69) is 0 Å². The van der Waals surface area contributed by atoms with Crippen LogP contribution in [0.25, 0.3) is 0 Å². The van der Waals surface area contributed by atoms with Crippen LogP contribution in [-0.2, 0) is 20.0 Å². The normalized spacial score (nSPS) is 13.3. The maximum absolute atomic E-state index is 12.4. The first kappa shape index (κ1) is 16.7. The second-order valence-corrected chi connectivity index (χ2v) is 7.23. The molecule has 0 radical (unpaired) electrons. The zero-order chi connectivity index (χ0) is 15.8. The van der Waals surface area contributed by atoms with Crippen LogP contribution in [0.3, 0.4) is 0 Å². The third kappa shape index (κ3) is 3.82. The lowest BCUT2D eigenvalue weighted by molar-refractivity contribution is -0.172. The fraction of sp³-hybridized carbons (Fsp3) is 0.462. The first-order chi connectivity index (χ1) is 8.86. The molecule has 0 fully saturated rings. The highest BCUT2D eigenvalue weighted by molar-refractivity contribution is 7.90. The highest BCUT2D eigenvalue weighted by atomic mass is 32.2. The van der Waals surface area contributed by atoms with Crippen molar-refractivity contribution in [2.75, 3.05) is 6.26 Å². The van der Waals surface area contributed by atoms with Crippen molar-refractivity contribution in [3.05, 3.63) is 29.8 Å². The monoisotopic (exact) mass is 308 g/mol. The van der Waals surface area contributed by atoms with E-state index in [1.165, 1.54) is 38.1 Å². The molecule has 1 rings (SSSR count). The van der Waals surface area contributed by atoms with Gasteiger partial charge >= 0.3 is 6.18 Å². The van der Waals surface area contributed by atoms with Crippen LogP contribution in [-0.4, -0.2) is 26.6 Å². The quantitative estimate of drug-likeness (QED) is 0.859. The predicted molar refractivity (Wildman–Crippen MR) is 68.3 cm³/mol. The van der Waals surface area contributed by atoms with E-state index in [4.69, 9.17) is 0 Å². The van der Waals surface area contributed by atoms with Crippen LogP contribution in [0.5, 0.6) is 0 Å². The molecule has 0 unspecified atom stereocenters. The first-order valence-corrected chi connectivity index (χ1v) is 7.64. The number of carbonyl (C=O) groups excluding carboxylic acids is 1. The minimum absolute atomic E-state index is 0.0556. The van der Waals surface area contributed by atoms with E-state index in [1.54, 1.807) is 0 Å². The summed E-state index contributed by atoms with van der Waals surface area (Å²) in [7, 11) is -3.58. The van der Waals surface area contributed by atoms with Crippen molar-refractivity contribution in [3.8, 4) is 0 Å². The zero-order valence-electron chi connectivity index (χ0n) is 11.3. The Hall–Kier alpha value is -1.37. The lowest BCUT2D eigenvalue weighted by Crippen LogP contribution is -2.31. The lowest BCUT2D eigenvalue weighted by Gasteiger charge is -2.27. The fourth-order valence-corrected chi connectivity index (χ4v) is 3.02. The van der Waals surface area contributed by atoms with Gasteiger partial charge in [0.2, 0.25) is 5.78 Å². The molecule has 1 aromatic carbocycles. The molecule has 1 aromatic rings. The smallest absolute Gasteiger partial charge is 0.290 e. The Balaban J connectivity index is 3.27. The van der Waals surface area contributed by atoms with Crippen LogP contribution >= 0.6 is 0 Å². The van der Waals surface area contributed by atoms with E-state index in [-0.39, 0.29) is 10.5 Å². The number of hydrogen-bond acceptors (Lipinski definition) is 3. The molecule has 0 aliphatic heterocycles. The first-order valence-electron chi connectivity index (χ1n) is 5.75. The number of benzene rings is 1. The summed E-state index contributed by atoms with van der Waals surface area (Å²) in [5.74, 6) is -1.87. The number of ketones is 1. The summed E-state index contributed by atoms with van der Waals surface area (Å²) in [5, 5.41) is 0. The van der Waals surface area contributed by atoms with Gasteiger partial charge in [0.05, 0.1) is 4.90 Å². The molecule has 0 heterocycles. The van der Waals surface area contributed by atoms with Gasteiger partial charge in [0.25, 0.3) is 0 Å². The van der Waals surface area contributed by atoms with Crippen molar-refractivity contribution in [1.29, 1.82) is 0 Å². The zero-order valence-corrected chi connectivity index (χ0v) is 12.1. The molecule has 0 aliphatic carbocycles. The van der Waals surface area contributed by atoms with E-state index >= 15 is 0 Å². The fourth-order valence-electron chi connectivity index (χ4n) is 1.95. The molecule has 0 N–H and O–H groups in total. The maximum atomic E-state index is 12.4. The van der Waals surface area contributed by atoms with Crippen molar-refractivity contribution in [1.82, 2.24) is 0 Å². The van der Waals surface area contributed by atoms with Gasteiger partial charge in [-0.05, 0) is 17.0 Å². The third-order valence-electron chi connectivity index (χ3n) is 2.93. The molecule has 0 aliphatic rings. The second-order valence-electron chi connectivity index (χ2n) is 5.25. The van der Waals surface area contributed by atoms with Crippen LogP contribution in [0.15, 0.2) is 29.2 Å².